The lowest BCUT2D eigenvalue weighted by Crippen LogP contribution is -2.52. The molecular weight excluding hydrogens is 174 g/mol. The second-order valence-electron chi connectivity index (χ2n) is 4.95. The molecule has 1 unspecified atom stereocenters. The highest BCUT2D eigenvalue weighted by atomic mass is 16.5. The van der Waals surface area contributed by atoms with E-state index in [1.807, 2.05) is 7.11 Å². The third-order valence-corrected chi connectivity index (χ3v) is 3.68. The van der Waals surface area contributed by atoms with E-state index < -0.39 is 0 Å². The van der Waals surface area contributed by atoms with E-state index in [-0.39, 0.29) is 11.6 Å². The van der Waals surface area contributed by atoms with Gasteiger partial charge in [-0.1, -0.05) is 39.5 Å². The monoisotopic (exact) mass is 199 g/mol. The van der Waals surface area contributed by atoms with E-state index in [1.54, 1.807) is 0 Å². The zero-order chi connectivity index (χ0) is 10.6. The van der Waals surface area contributed by atoms with Crippen LogP contribution in [0.3, 0.4) is 0 Å². The maximum Gasteiger partial charge on any atom is 0.0831 e. The summed E-state index contributed by atoms with van der Waals surface area (Å²) in [6.07, 6.45) is 7.51. The predicted molar refractivity (Wildman–Crippen MR) is 60.3 cm³/mol. The standard InChI is InChI=1S/C12H25NO/c1-10(2)11(13)12(14-3)8-6-4-5-7-9-12/h10-11H,4-9,13H2,1-3H3. The van der Waals surface area contributed by atoms with Crippen LogP contribution in [0, 0.1) is 5.92 Å². The Bertz CT molecular complexity index is 160. The van der Waals surface area contributed by atoms with E-state index in [4.69, 9.17) is 10.5 Å². The van der Waals surface area contributed by atoms with Crippen molar-refractivity contribution in [1.82, 2.24) is 0 Å². The predicted octanol–water partition coefficient (Wildman–Crippen LogP) is 2.71. The highest BCUT2D eigenvalue weighted by molar-refractivity contribution is 4.93. The van der Waals surface area contributed by atoms with E-state index in [9.17, 15) is 0 Å². The largest absolute Gasteiger partial charge is 0.377 e. The summed E-state index contributed by atoms with van der Waals surface area (Å²) in [5.41, 5.74) is 6.24. The zero-order valence-electron chi connectivity index (χ0n) is 9.88. The van der Waals surface area contributed by atoms with Crippen molar-refractivity contribution in [2.75, 3.05) is 7.11 Å². The Hall–Kier alpha value is -0.0800. The average Bonchev–Trinajstić information content (AvgIpc) is 2.42. The van der Waals surface area contributed by atoms with Crippen molar-refractivity contribution in [2.24, 2.45) is 11.7 Å². The quantitative estimate of drug-likeness (QED) is 0.709. The Morgan fingerprint density at radius 2 is 1.57 bits per heavy atom. The molecule has 0 aromatic carbocycles. The Morgan fingerprint density at radius 3 is 1.93 bits per heavy atom. The first-order valence-electron chi connectivity index (χ1n) is 5.93. The molecule has 2 N–H and O–H groups in total. The third-order valence-electron chi connectivity index (χ3n) is 3.68. The molecule has 1 aliphatic carbocycles. The van der Waals surface area contributed by atoms with Crippen molar-refractivity contribution in [2.45, 2.75) is 64.0 Å². The topological polar surface area (TPSA) is 35.2 Å². The fraction of sp³-hybridized carbons (Fsp3) is 1.00. The molecule has 0 spiro atoms. The smallest absolute Gasteiger partial charge is 0.0831 e. The molecule has 1 fully saturated rings. The Kier molecular flexibility index (Phi) is 4.39. The first-order chi connectivity index (χ1) is 6.62. The fourth-order valence-electron chi connectivity index (χ4n) is 2.61. The molecule has 0 saturated heterocycles. The van der Waals surface area contributed by atoms with Crippen molar-refractivity contribution >= 4 is 0 Å². The molecular formula is C12H25NO. The van der Waals surface area contributed by atoms with Gasteiger partial charge < -0.3 is 10.5 Å². The molecule has 0 aromatic rings. The number of hydrogen-bond acceptors (Lipinski definition) is 2. The van der Waals surface area contributed by atoms with Crippen molar-refractivity contribution in [3.63, 3.8) is 0 Å². The summed E-state index contributed by atoms with van der Waals surface area (Å²) in [5, 5.41) is 0. The summed E-state index contributed by atoms with van der Waals surface area (Å²) in [6, 6.07) is 0.186. The van der Waals surface area contributed by atoms with Gasteiger partial charge in [-0.2, -0.15) is 0 Å². The molecule has 2 nitrogen and oxygen atoms in total. The van der Waals surface area contributed by atoms with Gasteiger partial charge in [-0.05, 0) is 18.8 Å². The Balaban J connectivity index is 2.71. The van der Waals surface area contributed by atoms with Crippen LogP contribution in [-0.4, -0.2) is 18.8 Å². The first-order valence-corrected chi connectivity index (χ1v) is 5.93. The van der Waals surface area contributed by atoms with Crippen LogP contribution in [0.1, 0.15) is 52.4 Å². The molecule has 0 heterocycles. The van der Waals surface area contributed by atoms with Gasteiger partial charge in [0, 0.05) is 13.2 Å². The van der Waals surface area contributed by atoms with Gasteiger partial charge in [-0.25, -0.2) is 0 Å². The van der Waals surface area contributed by atoms with Crippen LogP contribution < -0.4 is 5.73 Å². The van der Waals surface area contributed by atoms with E-state index in [1.165, 1.54) is 25.7 Å². The zero-order valence-corrected chi connectivity index (χ0v) is 9.88. The van der Waals surface area contributed by atoms with Crippen LogP contribution in [-0.2, 0) is 4.74 Å². The molecule has 1 saturated carbocycles. The van der Waals surface area contributed by atoms with Crippen molar-refractivity contribution in [3.05, 3.63) is 0 Å². The number of hydrogen-bond donors (Lipinski definition) is 1. The summed E-state index contributed by atoms with van der Waals surface area (Å²) in [5.74, 6) is 0.507. The van der Waals surface area contributed by atoms with Crippen LogP contribution in [0.2, 0.25) is 0 Å². The first kappa shape index (κ1) is 12.0. The van der Waals surface area contributed by atoms with Crippen LogP contribution in [0.25, 0.3) is 0 Å². The van der Waals surface area contributed by atoms with E-state index >= 15 is 0 Å². The minimum atomic E-state index is -0.0370. The maximum atomic E-state index is 6.28. The lowest BCUT2D eigenvalue weighted by molar-refractivity contribution is -0.0536. The Morgan fingerprint density at radius 1 is 1.07 bits per heavy atom. The van der Waals surface area contributed by atoms with Gasteiger partial charge in [0.2, 0.25) is 0 Å². The Labute approximate surface area is 88.2 Å². The van der Waals surface area contributed by atoms with Gasteiger partial charge in [0.05, 0.1) is 5.60 Å². The molecule has 0 bridgehead atoms. The lowest BCUT2D eigenvalue weighted by atomic mass is 9.81. The maximum absolute atomic E-state index is 6.28. The van der Waals surface area contributed by atoms with E-state index in [2.05, 4.69) is 13.8 Å². The van der Waals surface area contributed by atoms with E-state index in [0.29, 0.717) is 5.92 Å². The molecule has 0 aliphatic heterocycles. The van der Waals surface area contributed by atoms with Crippen molar-refractivity contribution in [3.8, 4) is 0 Å². The molecule has 1 atom stereocenters. The second-order valence-corrected chi connectivity index (χ2v) is 4.95. The summed E-state index contributed by atoms with van der Waals surface area (Å²) < 4.78 is 5.76. The molecule has 2 heteroatoms. The highest BCUT2D eigenvalue weighted by Crippen LogP contribution is 2.34. The molecule has 0 aromatic heterocycles. The van der Waals surface area contributed by atoms with Gasteiger partial charge in [0.15, 0.2) is 0 Å². The van der Waals surface area contributed by atoms with Crippen LogP contribution in [0.5, 0.6) is 0 Å². The number of ether oxygens (including phenoxy) is 1. The van der Waals surface area contributed by atoms with Crippen LogP contribution >= 0.6 is 0 Å². The molecule has 14 heavy (non-hydrogen) atoms. The minimum Gasteiger partial charge on any atom is -0.377 e. The SMILES string of the molecule is COC1(C(N)C(C)C)CCCCCC1. The van der Waals surface area contributed by atoms with Crippen molar-refractivity contribution in [1.29, 1.82) is 0 Å². The lowest BCUT2D eigenvalue weighted by Gasteiger charge is -2.39. The van der Waals surface area contributed by atoms with Gasteiger partial charge >= 0.3 is 0 Å². The number of nitrogens with two attached hydrogens (primary N) is 1. The van der Waals surface area contributed by atoms with Crippen LogP contribution in [0.4, 0.5) is 0 Å². The summed E-state index contributed by atoms with van der Waals surface area (Å²) in [6.45, 7) is 4.38. The van der Waals surface area contributed by atoms with Gasteiger partial charge in [-0.15, -0.1) is 0 Å². The number of rotatable bonds is 3. The number of methoxy groups -OCH3 is 1. The van der Waals surface area contributed by atoms with Gasteiger partial charge in [0.1, 0.15) is 0 Å². The normalized spacial score (nSPS) is 24.6. The van der Waals surface area contributed by atoms with Gasteiger partial charge in [-0.3, -0.25) is 0 Å². The summed E-state index contributed by atoms with van der Waals surface area (Å²) in [7, 11) is 1.83. The summed E-state index contributed by atoms with van der Waals surface area (Å²) >= 11 is 0. The molecule has 1 aliphatic rings. The van der Waals surface area contributed by atoms with Crippen LogP contribution in [0.15, 0.2) is 0 Å². The highest BCUT2D eigenvalue weighted by Gasteiger charge is 2.38. The molecule has 0 amide bonds. The van der Waals surface area contributed by atoms with Gasteiger partial charge in [0.25, 0.3) is 0 Å². The fourth-order valence-corrected chi connectivity index (χ4v) is 2.61. The average molecular weight is 199 g/mol. The van der Waals surface area contributed by atoms with E-state index in [0.717, 1.165) is 12.8 Å². The summed E-state index contributed by atoms with van der Waals surface area (Å²) in [4.78, 5) is 0. The molecule has 1 rings (SSSR count). The molecule has 84 valence electrons. The molecule has 0 radical (unpaired) electrons. The minimum absolute atomic E-state index is 0.0370. The third kappa shape index (κ3) is 2.48. The second kappa shape index (κ2) is 5.13. The van der Waals surface area contributed by atoms with Crippen molar-refractivity contribution < 1.29 is 4.74 Å².